The van der Waals surface area contributed by atoms with Crippen molar-refractivity contribution in [3.05, 3.63) is 35.9 Å². The molecule has 2 unspecified atom stereocenters. The van der Waals surface area contributed by atoms with E-state index < -0.39 is 35.8 Å². The molecule has 10 nitrogen and oxygen atoms in total. The van der Waals surface area contributed by atoms with Crippen LogP contribution in [0.2, 0.25) is 0 Å². The number of aliphatic hydroxyl groups excluding tert-OH is 1. The Morgan fingerprint density at radius 1 is 1.10 bits per heavy atom. The van der Waals surface area contributed by atoms with Crippen LogP contribution in [0.15, 0.2) is 30.3 Å². The Morgan fingerprint density at radius 2 is 1.72 bits per heavy atom. The van der Waals surface area contributed by atoms with Crippen LogP contribution in [0.1, 0.15) is 24.8 Å². The van der Waals surface area contributed by atoms with E-state index in [-0.39, 0.29) is 32.5 Å². The third-order valence-electron chi connectivity index (χ3n) is 4.26. The van der Waals surface area contributed by atoms with E-state index in [1.54, 1.807) is 30.3 Å². The lowest BCUT2D eigenvalue weighted by Gasteiger charge is -2.28. The molecule has 1 rings (SSSR count). The van der Waals surface area contributed by atoms with E-state index in [1.165, 1.54) is 14.2 Å². The van der Waals surface area contributed by atoms with Crippen LogP contribution in [0.3, 0.4) is 0 Å². The summed E-state index contributed by atoms with van der Waals surface area (Å²) >= 11 is 0. The predicted molar refractivity (Wildman–Crippen MR) is 101 cm³/mol. The number of carbonyl (C=O) groups excluding carboxylic acids is 3. The molecule has 29 heavy (non-hydrogen) atoms. The fraction of sp³-hybridized carbons (Fsp3) is 0.526. The average Bonchev–Trinajstić information content (AvgIpc) is 2.73. The molecule has 10 heteroatoms. The largest absolute Gasteiger partial charge is 0.516 e. The van der Waals surface area contributed by atoms with Gasteiger partial charge in [-0.3, -0.25) is 4.79 Å². The van der Waals surface area contributed by atoms with Crippen molar-refractivity contribution in [2.24, 2.45) is 11.5 Å². The third-order valence-corrected chi connectivity index (χ3v) is 4.26. The lowest BCUT2D eigenvalue weighted by Crippen LogP contribution is -2.61. The van der Waals surface area contributed by atoms with Crippen LogP contribution < -0.4 is 11.5 Å². The van der Waals surface area contributed by atoms with Crippen LogP contribution in [0.5, 0.6) is 0 Å². The summed E-state index contributed by atoms with van der Waals surface area (Å²) in [5, 5.41) is 9.00. The Balaban J connectivity index is 2.84. The van der Waals surface area contributed by atoms with E-state index >= 15 is 0 Å². The molecule has 0 aliphatic rings. The number of Topliss-reactive ketones (excluding diaryl/α,β-unsaturated/α-hetero) is 1. The molecule has 162 valence electrons. The van der Waals surface area contributed by atoms with Gasteiger partial charge in [0.2, 0.25) is 0 Å². The standard InChI is InChI=1S/C19H28N2O8/c1-26-15(27-2)8-10-19(21,16(23)14(20)9-11-22)17(24)29-18(25)28-12-13-6-4-3-5-7-13/h3-7,14-15,22H,8-12,20-21H2,1-2H3. The summed E-state index contributed by atoms with van der Waals surface area (Å²) < 4.78 is 19.6. The molecule has 0 radical (unpaired) electrons. The molecule has 0 saturated heterocycles. The molecule has 0 heterocycles. The zero-order valence-electron chi connectivity index (χ0n) is 16.5. The minimum atomic E-state index is -2.24. The number of ether oxygens (including phenoxy) is 4. The van der Waals surface area contributed by atoms with E-state index in [9.17, 15) is 14.4 Å². The fourth-order valence-corrected chi connectivity index (χ4v) is 2.52. The Labute approximate surface area is 169 Å². The predicted octanol–water partition coefficient (Wildman–Crippen LogP) is 0.242. The molecule has 0 fully saturated rings. The van der Waals surface area contributed by atoms with Gasteiger partial charge in [-0.15, -0.1) is 0 Å². The molecule has 1 aromatic rings. The topological polar surface area (TPSA) is 160 Å². The Bertz CT molecular complexity index is 665. The number of hydrogen-bond donors (Lipinski definition) is 3. The zero-order valence-corrected chi connectivity index (χ0v) is 16.5. The van der Waals surface area contributed by atoms with Crippen molar-refractivity contribution >= 4 is 17.9 Å². The summed E-state index contributed by atoms with van der Waals surface area (Å²) in [7, 11) is 2.76. The minimum Gasteiger partial charge on any atom is -0.429 e. The average molecular weight is 412 g/mol. The second kappa shape index (κ2) is 12.2. The number of carbonyl (C=O) groups is 3. The molecule has 0 saturated carbocycles. The first kappa shape index (κ1) is 24.7. The van der Waals surface area contributed by atoms with Gasteiger partial charge in [0.15, 0.2) is 17.6 Å². The highest BCUT2D eigenvalue weighted by molar-refractivity contribution is 6.12. The number of aliphatic hydroxyl groups is 1. The molecule has 0 spiro atoms. The van der Waals surface area contributed by atoms with Gasteiger partial charge in [-0.2, -0.15) is 0 Å². The Kier molecular flexibility index (Phi) is 10.4. The molecule has 5 N–H and O–H groups in total. The monoisotopic (exact) mass is 412 g/mol. The molecule has 0 aliphatic heterocycles. The highest BCUT2D eigenvalue weighted by Gasteiger charge is 2.46. The number of methoxy groups -OCH3 is 2. The van der Waals surface area contributed by atoms with Gasteiger partial charge < -0.3 is 35.5 Å². The van der Waals surface area contributed by atoms with Crippen LogP contribution in [-0.4, -0.2) is 61.7 Å². The van der Waals surface area contributed by atoms with Gasteiger partial charge in [0, 0.05) is 27.2 Å². The maximum Gasteiger partial charge on any atom is 0.516 e. The molecule has 0 amide bonds. The van der Waals surface area contributed by atoms with E-state index in [1.807, 2.05) is 0 Å². The highest BCUT2D eigenvalue weighted by Crippen LogP contribution is 2.19. The highest BCUT2D eigenvalue weighted by atomic mass is 16.7. The van der Waals surface area contributed by atoms with Crippen LogP contribution in [0.25, 0.3) is 0 Å². The number of esters is 1. The van der Waals surface area contributed by atoms with E-state index in [0.717, 1.165) is 0 Å². The number of ketones is 1. The van der Waals surface area contributed by atoms with Crippen molar-refractivity contribution in [3.63, 3.8) is 0 Å². The molecule has 0 bridgehead atoms. The number of benzene rings is 1. The van der Waals surface area contributed by atoms with Gasteiger partial charge in [-0.25, -0.2) is 9.59 Å². The van der Waals surface area contributed by atoms with E-state index in [4.69, 9.17) is 30.8 Å². The zero-order chi connectivity index (χ0) is 21.9. The summed E-state index contributed by atoms with van der Waals surface area (Å²) in [5.41, 5.74) is 10.2. The van der Waals surface area contributed by atoms with E-state index in [2.05, 4.69) is 4.74 Å². The van der Waals surface area contributed by atoms with Crippen molar-refractivity contribution in [2.75, 3.05) is 20.8 Å². The number of nitrogens with two attached hydrogens (primary N) is 2. The van der Waals surface area contributed by atoms with Gasteiger partial charge in [-0.1, -0.05) is 30.3 Å². The van der Waals surface area contributed by atoms with Crippen LogP contribution in [0.4, 0.5) is 4.79 Å². The molecule has 0 aromatic heterocycles. The quantitative estimate of drug-likeness (QED) is 0.246. The van der Waals surface area contributed by atoms with Gasteiger partial charge >= 0.3 is 12.1 Å². The third kappa shape index (κ3) is 7.52. The molecular weight excluding hydrogens is 384 g/mol. The summed E-state index contributed by atoms with van der Waals surface area (Å²) in [4.78, 5) is 37.1. The SMILES string of the molecule is COC(CCC(N)(C(=O)OC(=O)OCc1ccccc1)C(=O)C(N)CCO)OC. The van der Waals surface area contributed by atoms with Gasteiger partial charge in [0.25, 0.3) is 0 Å². The Morgan fingerprint density at radius 3 is 2.28 bits per heavy atom. The van der Waals surface area contributed by atoms with E-state index in [0.29, 0.717) is 5.56 Å². The van der Waals surface area contributed by atoms with Crippen molar-refractivity contribution in [3.8, 4) is 0 Å². The second-order valence-corrected chi connectivity index (χ2v) is 6.31. The van der Waals surface area contributed by atoms with Gasteiger partial charge in [0.1, 0.15) is 6.61 Å². The van der Waals surface area contributed by atoms with Crippen LogP contribution in [-0.2, 0) is 35.1 Å². The maximum atomic E-state index is 12.7. The summed E-state index contributed by atoms with van der Waals surface area (Å²) in [6.07, 6.45) is -2.36. The molecular formula is C19H28N2O8. The van der Waals surface area contributed by atoms with Crippen molar-refractivity contribution < 1.29 is 38.4 Å². The van der Waals surface area contributed by atoms with Crippen LogP contribution in [0, 0.1) is 0 Å². The second-order valence-electron chi connectivity index (χ2n) is 6.31. The number of hydrogen-bond acceptors (Lipinski definition) is 10. The smallest absolute Gasteiger partial charge is 0.429 e. The Hall–Kier alpha value is -2.37. The fourth-order valence-electron chi connectivity index (χ4n) is 2.52. The first-order valence-electron chi connectivity index (χ1n) is 8.96. The van der Waals surface area contributed by atoms with Gasteiger partial charge in [0.05, 0.1) is 6.04 Å². The number of rotatable bonds is 12. The lowest BCUT2D eigenvalue weighted by atomic mass is 9.85. The van der Waals surface area contributed by atoms with Crippen molar-refractivity contribution in [1.29, 1.82) is 0 Å². The summed E-state index contributed by atoms with van der Waals surface area (Å²) in [5.74, 6) is -2.18. The molecule has 2 atom stereocenters. The molecule has 0 aliphatic carbocycles. The normalized spacial score (nSPS) is 14.1. The minimum absolute atomic E-state index is 0.0508. The first-order chi connectivity index (χ1) is 13.8. The maximum absolute atomic E-state index is 12.7. The van der Waals surface area contributed by atoms with Crippen molar-refractivity contribution in [2.45, 2.75) is 43.7 Å². The summed E-state index contributed by atoms with van der Waals surface area (Å²) in [6.45, 7) is -0.506. The first-order valence-corrected chi connectivity index (χ1v) is 8.96. The molecule has 1 aromatic carbocycles. The van der Waals surface area contributed by atoms with Crippen LogP contribution >= 0.6 is 0 Å². The lowest BCUT2D eigenvalue weighted by molar-refractivity contribution is -0.153. The summed E-state index contributed by atoms with van der Waals surface area (Å²) in [6, 6.07) is 7.52. The van der Waals surface area contributed by atoms with Gasteiger partial charge in [-0.05, 0) is 18.4 Å². The van der Waals surface area contributed by atoms with Crippen molar-refractivity contribution in [1.82, 2.24) is 0 Å².